The van der Waals surface area contributed by atoms with Crippen LogP contribution in [0.3, 0.4) is 0 Å². The minimum Gasteiger partial charge on any atom is -0.361 e. The first-order valence-electron chi connectivity index (χ1n) is 10.6. The Hall–Kier alpha value is -2.82. The number of benzene rings is 2. The molecular weight excluding hydrogens is 362 g/mol. The van der Waals surface area contributed by atoms with E-state index in [1.165, 1.54) is 19.3 Å². The van der Waals surface area contributed by atoms with Crippen molar-refractivity contribution >= 4 is 17.5 Å². The average Bonchev–Trinajstić information content (AvgIpc) is 3.01. The molecule has 2 amide bonds. The Kier molecular flexibility index (Phi) is 5.56. The van der Waals surface area contributed by atoms with Crippen molar-refractivity contribution < 1.29 is 9.59 Å². The Bertz CT molecular complexity index is 885. The summed E-state index contributed by atoms with van der Waals surface area (Å²) < 4.78 is 0. The fraction of sp³-hybridized carbons (Fsp3) is 0.417. The topological polar surface area (TPSA) is 61.4 Å². The number of hydrogen-bond acceptors (Lipinski definition) is 3. The molecule has 2 aromatic carbocycles. The largest absolute Gasteiger partial charge is 0.361 e. The molecule has 0 bridgehead atoms. The van der Waals surface area contributed by atoms with Crippen LogP contribution in [-0.4, -0.2) is 28.8 Å². The summed E-state index contributed by atoms with van der Waals surface area (Å²) in [5, 5.41) is 6.64. The van der Waals surface area contributed by atoms with E-state index >= 15 is 0 Å². The number of amides is 2. The molecular formula is C24H29N3O2. The molecule has 4 rings (SSSR count). The highest BCUT2D eigenvalue weighted by atomic mass is 16.2. The molecule has 0 spiro atoms. The Labute approximate surface area is 172 Å². The second kappa shape index (κ2) is 8.27. The van der Waals surface area contributed by atoms with E-state index in [4.69, 9.17) is 0 Å². The van der Waals surface area contributed by atoms with E-state index in [-0.39, 0.29) is 24.0 Å². The SMILES string of the molecule is CC(C)N1C(=O)c2ccccc2C1Nc1ccc(C(=O)NC2CCCCC2)cc1. The normalized spacial score (nSPS) is 19.3. The van der Waals surface area contributed by atoms with Crippen molar-refractivity contribution in [2.24, 2.45) is 0 Å². The second-order valence-corrected chi connectivity index (χ2v) is 8.33. The van der Waals surface area contributed by atoms with Crippen LogP contribution in [0.1, 0.15) is 78.4 Å². The van der Waals surface area contributed by atoms with Crippen molar-refractivity contribution in [3.63, 3.8) is 0 Å². The number of rotatable bonds is 5. The van der Waals surface area contributed by atoms with Crippen LogP contribution < -0.4 is 10.6 Å². The van der Waals surface area contributed by atoms with Gasteiger partial charge in [0.15, 0.2) is 0 Å². The maximum absolute atomic E-state index is 12.8. The molecule has 1 fully saturated rings. The van der Waals surface area contributed by atoms with Crippen LogP contribution in [0.5, 0.6) is 0 Å². The van der Waals surface area contributed by atoms with E-state index in [0.717, 1.165) is 29.7 Å². The number of hydrogen-bond donors (Lipinski definition) is 2. The minimum atomic E-state index is -0.208. The summed E-state index contributed by atoms with van der Waals surface area (Å²) >= 11 is 0. The van der Waals surface area contributed by atoms with Crippen molar-refractivity contribution in [2.75, 3.05) is 5.32 Å². The van der Waals surface area contributed by atoms with Gasteiger partial charge in [0, 0.05) is 34.5 Å². The summed E-state index contributed by atoms with van der Waals surface area (Å²) in [6.45, 7) is 4.05. The summed E-state index contributed by atoms with van der Waals surface area (Å²) in [6.07, 6.45) is 5.61. The third-order valence-corrected chi connectivity index (χ3v) is 5.95. The van der Waals surface area contributed by atoms with E-state index in [2.05, 4.69) is 10.6 Å². The molecule has 1 saturated carbocycles. The molecule has 2 N–H and O–H groups in total. The van der Waals surface area contributed by atoms with Gasteiger partial charge in [0.05, 0.1) is 0 Å². The first kappa shape index (κ1) is 19.5. The zero-order valence-corrected chi connectivity index (χ0v) is 17.2. The van der Waals surface area contributed by atoms with E-state index in [9.17, 15) is 9.59 Å². The van der Waals surface area contributed by atoms with Gasteiger partial charge in [-0.3, -0.25) is 9.59 Å². The Morgan fingerprint density at radius 1 is 1.00 bits per heavy atom. The van der Waals surface area contributed by atoms with Gasteiger partial charge < -0.3 is 15.5 Å². The molecule has 1 heterocycles. The molecule has 5 nitrogen and oxygen atoms in total. The molecule has 5 heteroatoms. The Morgan fingerprint density at radius 3 is 2.38 bits per heavy atom. The molecule has 29 heavy (non-hydrogen) atoms. The lowest BCUT2D eigenvalue weighted by molar-refractivity contribution is 0.0685. The molecule has 2 aliphatic rings. The van der Waals surface area contributed by atoms with Gasteiger partial charge >= 0.3 is 0 Å². The highest BCUT2D eigenvalue weighted by Gasteiger charge is 2.37. The maximum atomic E-state index is 12.8. The quantitative estimate of drug-likeness (QED) is 0.775. The minimum absolute atomic E-state index is 0.00588. The highest BCUT2D eigenvalue weighted by molar-refractivity contribution is 5.99. The number of fused-ring (bicyclic) bond motifs is 1. The zero-order chi connectivity index (χ0) is 20.4. The number of carbonyl (C=O) groups is 2. The van der Waals surface area contributed by atoms with Gasteiger partial charge in [0.1, 0.15) is 6.17 Å². The lowest BCUT2D eigenvalue weighted by Gasteiger charge is -2.30. The van der Waals surface area contributed by atoms with Crippen LogP contribution >= 0.6 is 0 Å². The van der Waals surface area contributed by atoms with Gasteiger partial charge in [-0.1, -0.05) is 37.5 Å². The smallest absolute Gasteiger partial charge is 0.256 e. The summed E-state index contributed by atoms with van der Waals surface area (Å²) in [7, 11) is 0. The Morgan fingerprint density at radius 2 is 1.69 bits per heavy atom. The molecule has 1 aliphatic heterocycles. The predicted octanol–water partition coefficient (Wildman–Crippen LogP) is 4.72. The van der Waals surface area contributed by atoms with Gasteiger partial charge in [0.2, 0.25) is 0 Å². The lowest BCUT2D eigenvalue weighted by Crippen LogP contribution is -2.37. The standard InChI is InChI=1S/C24H29N3O2/c1-16(2)27-22(20-10-6-7-11-21(20)24(27)29)25-19-14-12-17(13-15-19)23(28)26-18-8-4-3-5-9-18/h6-7,10-16,18,22,25H,3-5,8-9H2,1-2H3,(H,26,28). The molecule has 0 saturated heterocycles. The summed E-state index contributed by atoms with van der Waals surface area (Å²) in [4.78, 5) is 27.2. The summed E-state index contributed by atoms with van der Waals surface area (Å²) in [5.74, 6) is 0.0465. The van der Waals surface area contributed by atoms with Crippen molar-refractivity contribution in [3.8, 4) is 0 Å². The fourth-order valence-corrected chi connectivity index (χ4v) is 4.41. The van der Waals surface area contributed by atoms with Crippen LogP contribution in [0, 0.1) is 0 Å². The van der Waals surface area contributed by atoms with Crippen molar-refractivity contribution in [1.82, 2.24) is 10.2 Å². The van der Waals surface area contributed by atoms with Crippen molar-refractivity contribution in [3.05, 3.63) is 65.2 Å². The van der Waals surface area contributed by atoms with E-state index in [1.54, 1.807) is 0 Å². The molecule has 1 atom stereocenters. The molecule has 152 valence electrons. The van der Waals surface area contributed by atoms with Crippen LogP contribution in [0.2, 0.25) is 0 Å². The molecule has 0 radical (unpaired) electrons. The second-order valence-electron chi connectivity index (χ2n) is 8.33. The van der Waals surface area contributed by atoms with Gasteiger partial charge in [-0.25, -0.2) is 0 Å². The number of nitrogens with one attached hydrogen (secondary N) is 2. The van der Waals surface area contributed by atoms with Crippen molar-refractivity contribution in [1.29, 1.82) is 0 Å². The van der Waals surface area contributed by atoms with Gasteiger partial charge in [-0.15, -0.1) is 0 Å². The van der Waals surface area contributed by atoms with Crippen LogP contribution in [0.15, 0.2) is 48.5 Å². The molecule has 1 unspecified atom stereocenters. The number of anilines is 1. The number of carbonyl (C=O) groups excluding carboxylic acids is 2. The third-order valence-electron chi connectivity index (χ3n) is 5.95. The van der Waals surface area contributed by atoms with Crippen LogP contribution in [0.25, 0.3) is 0 Å². The predicted molar refractivity (Wildman–Crippen MR) is 115 cm³/mol. The first-order valence-corrected chi connectivity index (χ1v) is 10.6. The fourth-order valence-electron chi connectivity index (χ4n) is 4.41. The van der Waals surface area contributed by atoms with Crippen LogP contribution in [0.4, 0.5) is 5.69 Å². The van der Waals surface area contributed by atoms with Gasteiger partial charge in [-0.2, -0.15) is 0 Å². The van der Waals surface area contributed by atoms with Crippen molar-refractivity contribution in [2.45, 2.75) is 64.2 Å². The van der Waals surface area contributed by atoms with E-state index in [1.807, 2.05) is 67.3 Å². The molecule has 0 aromatic heterocycles. The number of nitrogens with zero attached hydrogens (tertiary/aromatic N) is 1. The summed E-state index contributed by atoms with van der Waals surface area (Å²) in [6, 6.07) is 15.7. The first-order chi connectivity index (χ1) is 14.0. The maximum Gasteiger partial charge on any atom is 0.256 e. The molecule has 2 aromatic rings. The average molecular weight is 392 g/mol. The highest BCUT2D eigenvalue weighted by Crippen LogP contribution is 2.35. The monoisotopic (exact) mass is 391 g/mol. The Balaban J connectivity index is 1.48. The van der Waals surface area contributed by atoms with Gasteiger partial charge in [0.25, 0.3) is 11.8 Å². The molecule has 1 aliphatic carbocycles. The van der Waals surface area contributed by atoms with E-state index in [0.29, 0.717) is 11.6 Å². The zero-order valence-electron chi connectivity index (χ0n) is 17.2. The van der Waals surface area contributed by atoms with E-state index < -0.39 is 0 Å². The third kappa shape index (κ3) is 4.00. The lowest BCUT2D eigenvalue weighted by atomic mass is 9.95. The van der Waals surface area contributed by atoms with Crippen LogP contribution in [-0.2, 0) is 0 Å². The summed E-state index contributed by atoms with van der Waals surface area (Å²) in [5.41, 5.74) is 3.30. The van der Waals surface area contributed by atoms with Gasteiger partial charge in [-0.05, 0) is 57.0 Å².